The van der Waals surface area contributed by atoms with Gasteiger partial charge in [-0.05, 0) is 24.0 Å². The fraction of sp³-hybridized carbons (Fsp3) is 0.455. The van der Waals surface area contributed by atoms with Crippen molar-refractivity contribution in [2.75, 3.05) is 0 Å². The lowest BCUT2D eigenvalue weighted by molar-refractivity contribution is 0.493. The molecule has 0 aliphatic carbocycles. The topological polar surface area (TPSA) is 0 Å². The average Bonchev–Trinajstić information content (AvgIpc) is 2.12. The van der Waals surface area contributed by atoms with Crippen LogP contribution in [0.2, 0.25) is 0 Å². The highest BCUT2D eigenvalue weighted by atomic mass is 79.9. The smallest absolute Gasteiger partial charge is 0.162 e. The first-order chi connectivity index (χ1) is 6.52. The maximum Gasteiger partial charge on any atom is 0.162 e. The van der Waals surface area contributed by atoms with Crippen LogP contribution in [-0.4, -0.2) is 4.83 Å². The first-order valence-corrected chi connectivity index (χ1v) is 5.51. The third kappa shape index (κ3) is 2.77. The Labute approximate surface area is 91.5 Å². The van der Waals surface area contributed by atoms with Gasteiger partial charge in [-0.25, -0.2) is 8.78 Å². The summed E-state index contributed by atoms with van der Waals surface area (Å²) in [4.78, 5) is 0.179. The van der Waals surface area contributed by atoms with E-state index < -0.39 is 11.6 Å². The summed E-state index contributed by atoms with van der Waals surface area (Å²) in [7, 11) is 0. The quantitative estimate of drug-likeness (QED) is 0.725. The van der Waals surface area contributed by atoms with E-state index in [2.05, 4.69) is 15.9 Å². The van der Waals surface area contributed by atoms with Crippen LogP contribution in [0.3, 0.4) is 0 Å². The highest BCUT2D eigenvalue weighted by molar-refractivity contribution is 9.09. The van der Waals surface area contributed by atoms with E-state index in [9.17, 15) is 8.78 Å². The van der Waals surface area contributed by atoms with E-state index >= 15 is 0 Å². The van der Waals surface area contributed by atoms with Crippen LogP contribution >= 0.6 is 15.9 Å². The van der Waals surface area contributed by atoms with Crippen LogP contribution in [0.5, 0.6) is 0 Å². The Morgan fingerprint density at radius 2 is 1.93 bits per heavy atom. The second-order valence-electron chi connectivity index (χ2n) is 3.68. The zero-order chi connectivity index (χ0) is 10.7. The number of alkyl halides is 1. The molecule has 1 atom stereocenters. The molecule has 0 saturated carbocycles. The van der Waals surface area contributed by atoms with Crippen molar-refractivity contribution in [2.24, 2.45) is 5.92 Å². The minimum absolute atomic E-state index is 0.179. The highest BCUT2D eigenvalue weighted by Gasteiger charge is 2.14. The van der Waals surface area contributed by atoms with Crippen LogP contribution in [-0.2, 0) is 6.42 Å². The molecule has 14 heavy (non-hydrogen) atoms. The second kappa shape index (κ2) is 4.87. The standard InChI is InChI=1S/C11H13BrF2/c1-7(2)9(12)6-8-4-3-5-10(13)11(8)14/h3-5,7,9H,6H2,1-2H3. The summed E-state index contributed by atoms with van der Waals surface area (Å²) in [5.41, 5.74) is 0.431. The van der Waals surface area contributed by atoms with Gasteiger partial charge in [0.05, 0.1) is 0 Å². The van der Waals surface area contributed by atoms with Crippen LogP contribution in [0.25, 0.3) is 0 Å². The summed E-state index contributed by atoms with van der Waals surface area (Å²) >= 11 is 3.45. The maximum atomic E-state index is 13.2. The Morgan fingerprint density at radius 1 is 1.29 bits per heavy atom. The van der Waals surface area contributed by atoms with Gasteiger partial charge in [-0.15, -0.1) is 0 Å². The molecule has 0 aromatic heterocycles. The zero-order valence-corrected chi connectivity index (χ0v) is 9.81. The molecule has 1 aromatic carbocycles. The number of rotatable bonds is 3. The van der Waals surface area contributed by atoms with Crippen molar-refractivity contribution in [1.82, 2.24) is 0 Å². The van der Waals surface area contributed by atoms with Crippen molar-refractivity contribution >= 4 is 15.9 Å². The van der Waals surface area contributed by atoms with Crippen LogP contribution in [0.4, 0.5) is 8.78 Å². The largest absolute Gasteiger partial charge is 0.204 e. The van der Waals surface area contributed by atoms with Crippen LogP contribution < -0.4 is 0 Å². The van der Waals surface area contributed by atoms with E-state index in [-0.39, 0.29) is 4.83 Å². The minimum Gasteiger partial charge on any atom is -0.204 e. The summed E-state index contributed by atoms with van der Waals surface area (Å²) in [6, 6.07) is 4.29. The third-order valence-corrected chi connectivity index (χ3v) is 3.55. The Morgan fingerprint density at radius 3 is 2.50 bits per heavy atom. The van der Waals surface area contributed by atoms with Crippen molar-refractivity contribution in [2.45, 2.75) is 25.1 Å². The summed E-state index contributed by atoms with van der Waals surface area (Å²) in [6.45, 7) is 4.08. The molecule has 78 valence electrons. The zero-order valence-electron chi connectivity index (χ0n) is 8.23. The van der Waals surface area contributed by atoms with Gasteiger partial charge in [0.2, 0.25) is 0 Å². The van der Waals surface area contributed by atoms with E-state index in [1.54, 1.807) is 6.07 Å². The molecule has 0 saturated heterocycles. The van der Waals surface area contributed by atoms with Gasteiger partial charge < -0.3 is 0 Å². The molecule has 0 aliphatic rings. The van der Waals surface area contributed by atoms with Crippen molar-refractivity contribution in [3.05, 3.63) is 35.4 Å². The van der Waals surface area contributed by atoms with Crippen LogP contribution in [0, 0.1) is 17.6 Å². The lowest BCUT2D eigenvalue weighted by Crippen LogP contribution is -2.12. The summed E-state index contributed by atoms with van der Waals surface area (Å²) < 4.78 is 26.1. The van der Waals surface area contributed by atoms with Crippen molar-refractivity contribution in [1.29, 1.82) is 0 Å². The minimum atomic E-state index is -0.772. The molecule has 0 bridgehead atoms. The molecular formula is C11H13BrF2. The molecule has 1 rings (SSSR count). The van der Waals surface area contributed by atoms with Crippen LogP contribution in [0.15, 0.2) is 18.2 Å². The van der Waals surface area contributed by atoms with Gasteiger partial charge in [0.15, 0.2) is 11.6 Å². The highest BCUT2D eigenvalue weighted by Crippen LogP contribution is 2.20. The number of hydrogen-bond acceptors (Lipinski definition) is 0. The number of halogens is 3. The van der Waals surface area contributed by atoms with Gasteiger partial charge in [0, 0.05) is 4.83 Å². The van der Waals surface area contributed by atoms with E-state index in [1.165, 1.54) is 6.07 Å². The molecule has 0 N–H and O–H groups in total. The molecule has 0 amide bonds. The Hall–Kier alpha value is -0.440. The fourth-order valence-corrected chi connectivity index (χ4v) is 1.50. The van der Waals surface area contributed by atoms with E-state index in [1.807, 2.05) is 13.8 Å². The Kier molecular flexibility index (Phi) is 4.05. The lowest BCUT2D eigenvalue weighted by atomic mass is 10.0. The molecule has 1 aromatic rings. The third-order valence-electron chi connectivity index (χ3n) is 2.17. The summed E-state index contributed by atoms with van der Waals surface area (Å²) in [5, 5.41) is 0. The number of benzene rings is 1. The first kappa shape index (κ1) is 11.6. The molecular weight excluding hydrogens is 250 g/mol. The van der Waals surface area contributed by atoms with Crippen molar-refractivity contribution in [3.8, 4) is 0 Å². The molecule has 3 heteroatoms. The SMILES string of the molecule is CC(C)C(Br)Cc1cccc(F)c1F. The predicted molar refractivity (Wildman–Crippen MR) is 57.6 cm³/mol. The van der Waals surface area contributed by atoms with E-state index in [4.69, 9.17) is 0 Å². The van der Waals surface area contributed by atoms with Gasteiger partial charge in [-0.3, -0.25) is 0 Å². The average molecular weight is 263 g/mol. The molecule has 0 aliphatic heterocycles. The van der Waals surface area contributed by atoms with Gasteiger partial charge in [-0.2, -0.15) is 0 Å². The predicted octanol–water partition coefficient (Wildman–Crippen LogP) is 3.93. The molecule has 0 radical (unpaired) electrons. The summed E-state index contributed by atoms with van der Waals surface area (Å²) in [6.07, 6.45) is 0.515. The van der Waals surface area contributed by atoms with E-state index in [0.29, 0.717) is 17.9 Å². The first-order valence-electron chi connectivity index (χ1n) is 4.59. The molecule has 0 nitrogen and oxygen atoms in total. The van der Waals surface area contributed by atoms with Crippen molar-refractivity contribution in [3.63, 3.8) is 0 Å². The normalized spacial score (nSPS) is 13.3. The van der Waals surface area contributed by atoms with Gasteiger partial charge in [0.25, 0.3) is 0 Å². The van der Waals surface area contributed by atoms with Gasteiger partial charge in [0.1, 0.15) is 0 Å². The molecule has 0 spiro atoms. The van der Waals surface area contributed by atoms with Gasteiger partial charge in [-0.1, -0.05) is 41.9 Å². The lowest BCUT2D eigenvalue weighted by Gasteiger charge is -2.13. The molecule has 0 heterocycles. The Bertz CT molecular complexity index is 310. The maximum absolute atomic E-state index is 13.2. The molecule has 1 unspecified atom stereocenters. The van der Waals surface area contributed by atoms with E-state index in [0.717, 1.165) is 6.07 Å². The van der Waals surface area contributed by atoms with Crippen molar-refractivity contribution < 1.29 is 8.78 Å². The van der Waals surface area contributed by atoms with Gasteiger partial charge >= 0.3 is 0 Å². The van der Waals surface area contributed by atoms with Crippen LogP contribution in [0.1, 0.15) is 19.4 Å². The summed E-state index contributed by atoms with van der Waals surface area (Å²) in [5.74, 6) is -1.10. The Balaban J connectivity index is 2.82. The fourth-order valence-electron chi connectivity index (χ4n) is 1.15. The monoisotopic (exact) mass is 262 g/mol. The number of hydrogen-bond donors (Lipinski definition) is 0. The molecule has 0 fully saturated rings. The second-order valence-corrected chi connectivity index (χ2v) is 4.85.